The van der Waals surface area contributed by atoms with Crippen molar-refractivity contribution in [2.45, 2.75) is 128 Å². The Labute approximate surface area is 366 Å². The summed E-state index contributed by atoms with van der Waals surface area (Å²) in [7, 11) is -11.2. The maximum Gasteiger partial charge on any atom is 0.481 e. The molecule has 2 fully saturated rings. The summed E-state index contributed by atoms with van der Waals surface area (Å²) in [5.74, 6) is -3.69. The number of fused-ring (bicyclic) bond motifs is 1. The lowest BCUT2D eigenvalue weighted by Crippen LogP contribution is -2.49. The van der Waals surface area contributed by atoms with Gasteiger partial charge in [-0.2, -0.15) is 8.88 Å². The van der Waals surface area contributed by atoms with Gasteiger partial charge in [0.2, 0.25) is 6.10 Å². The SMILES string of the molecule is CCCC(=O)O[C@@H]1[C@H](OC(=O)CCC)[C@@H](COP(=O)(O)OP(=O)(O)OC[C@H]2O[C@@H]([n+]3cccc(C(N)=O)c3)[C@H](OC(=O)CCC)[C@@H]2OC(=O)CCC)O[C@H]1n1cnc2c(N)ncnc21. The standard InChI is InChI=1S/C37H51N7O18P2/c1-5-10-24(45)58-29-22(56-36(31(29)60-26(47)12-7-3)43-15-9-14-21(16-43)34(39)49)17-54-63(50,51)62-64(52,53)55-18-23-30(59-25(46)11-6-2)32(61-27(48)13-8-4)37(57-23)44-20-42-28-33(38)40-19-41-35(28)44/h9,14-16,19-20,22-23,29-32,36-37H,5-8,10-13,17-18H2,1-4H3,(H5-,38,39,40,41,49,50,51,52,53)/p+1/t22-,23-,29-,30-,31-,32-,36-,37-/m1/s1. The summed E-state index contributed by atoms with van der Waals surface area (Å²) in [6.07, 6.45) is -5.01. The third-order valence-corrected chi connectivity index (χ3v) is 12.1. The Morgan fingerprint density at radius 1 is 0.750 bits per heavy atom. The van der Waals surface area contributed by atoms with Gasteiger partial charge in [-0.15, -0.1) is 0 Å². The summed E-state index contributed by atoms with van der Waals surface area (Å²) in [5, 5.41) is 0. The minimum Gasteiger partial charge on any atom is -0.455 e. The van der Waals surface area contributed by atoms with Crippen LogP contribution >= 0.6 is 15.6 Å². The molecule has 10 atom stereocenters. The number of rotatable bonds is 23. The van der Waals surface area contributed by atoms with E-state index in [1.54, 1.807) is 27.7 Å². The van der Waals surface area contributed by atoms with E-state index in [4.69, 9.17) is 48.9 Å². The van der Waals surface area contributed by atoms with Crippen molar-refractivity contribution in [2.75, 3.05) is 18.9 Å². The van der Waals surface area contributed by atoms with Crippen molar-refractivity contribution in [1.29, 1.82) is 0 Å². The molecule has 64 heavy (non-hydrogen) atoms. The van der Waals surface area contributed by atoms with Crippen LogP contribution in [0.3, 0.4) is 0 Å². The number of imidazole rings is 1. The number of hydrogen-bond donors (Lipinski definition) is 4. The molecule has 3 aromatic rings. The number of carbonyl (C=O) groups excluding carboxylic acids is 5. The second-order valence-corrected chi connectivity index (χ2v) is 17.6. The molecule has 27 heteroatoms. The molecule has 5 rings (SSSR count). The summed E-state index contributed by atoms with van der Waals surface area (Å²) < 4.78 is 79.0. The Hall–Kier alpha value is -4.97. The summed E-state index contributed by atoms with van der Waals surface area (Å²) >= 11 is 0. The fraction of sp³-hybridized carbons (Fsp3) is 0.595. The van der Waals surface area contributed by atoms with Crippen LogP contribution in [-0.2, 0) is 70.1 Å². The zero-order valence-electron chi connectivity index (χ0n) is 35.4. The van der Waals surface area contributed by atoms with Gasteiger partial charge in [-0.05, 0) is 31.7 Å². The average molecular weight is 945 g/mol. The molecular formula is C37H52N7O18P2+. The van der Waals surface area contributed by atoms with Crippen LogP contribution in [0.15, 0.2) is 37.2 Å². The number of esters is 4. The molecule has 6 N–H and O–H groups in total. The van der Waals surface area contributed by atoms with Crippen LogP contribution in [0, 0.1) is 0 Å². The Morgan fingerprint density at radius 3 is 1.78 bits per heavy atom. The Morgan fingerprint density at radius 2 is 1.25 bits per heavy atom. The number of aromatic nitrogens is 5. The van der Waals surface area contributed by atoms with E-state index >= 15 is 0 Å². The minimum absolute atomic E-state index is 0.0116. The molecule has 5 heterocycles. The number of nitrogens with two attached hydrogens (primary N) is 2. The highest BCUT2D eigenvalue weighted by Gasteiger charge is 2.56. The molecule has 0 spiro atoms. The van der Waals surface area contributed by atoms with Gasteiger partial charge < -0.3 is 49.7 Å². The van der Waals surface area contributed by atoms with Gasteiger partial charge >= 0.3 is 45.8 Å². The molecule has 2 saturated heterocycles. The molecule has 352 valence electrons. The molecule has 0 radical (unpaired) electrons. The zero-order valence-corrected chi connectivity index (χ0v) is 37.2. The summed E-state index contributed by atoms with van der Waals surface area (Å²) in [6.45, 7) is 4.95. The molecule has 0 aliphatic carbocycles. The van der Waals surface area contributed by atoms with Crippen LogP contribution in [0.4, 0.5) is 5.82 Å². The third-order valence-electron chi connectivity index (χ3n) is 9.53. The van der Waals surface area contributed by atoms with E-state index in [0.29, 0.717) is 25.7 Å². The number of phosphoric ester groups is 2. The number of nitrogens with zero attached hydrogens (tertiary/aromatic N) is 5. The van der Waals surface area contributed by atoms with E-state index in [-0.39, 0.29) is 48.2 Å². The van der Waals surface area contributed by atoms with Crippen molar-refractivity contribution in [2.24, 2.45) is 5.73 Å². The van der Waals surface area contributed by atoms with Crippen LogP contribution in [-0.4, -0.2) is 109 Å². The van der Waals surface area contributed by atoms with E-state index in [2.05, 4.69) is 19.3 Å². The summed E-state index contributed by atoms with van der Waals surface area (Å²) in [5.41, 5.74) is 11.7. The van der Waals surface area contributed by atoms with E-state index in [0.717, 1.165) is 6.33 Å². The highest BCUT2D eigenvalue weighted by Crippen LogP contribution is 2.61. The normalized spacial score (nSPS) is 25.0. The van der Waals surface area contributed by atoms with E-state index in [9.17, 15) is 42.9 Å². The van der Waals surface area contributed by atoms with Crippen LogP contribution in [0.1, 0.15) is 102 Å². The monoisotopic (exact) mass is 944 g/mol. The Bertz CT molecular complexity index is 2250. The number of primary amides is 1. The van der Waals surface area contributed by atoms with Crippen molar-refractivity contribution < 1.29 is 89.2 Å². The molecule has 0 aromatic carbocycles. The molecular weight excluding hydrogens is 892 g/mol. The summed E-state index contributed by atoms with van der Waals surface area (Å²) in [4.78, 5) is 97.1. The third kappa shape index (κ3) is 12.9. The number of carbonyl (C=O) groups is 5. The van der Waals surface area contributed by atoms with Crippen molar-refractivity contribution in [1.82, 2.24) is 19.5 Å². The maximum atomic E-state index is 13.3. The lowest BCUT2D eigenvalue weighted by atomic mass is 10.1. The number of hydrogen-bond acceptors (Lipinski definition) is 20. The molecule has 0 saturated carbocycles. The first-order chi connectivity index (χ1) is 30.4. The molecule has 25 nitrogen and oxygen atoms in total. The van der Waals surface area contributed by atoms with E-state index < -0.39 is 108 Å². The number of amides is 1. The molecule has 2 unspecified atom stereocenters. The molecule has 2 aliphatic heterocycles. The minimum atomic E-state index is -5.61. The summed E-state index contributed by atoms with van der Waals surface area (Å²) in [6, 6.07) is 2.85. The topological polar surface area (TPSA) is 343 Å². The lowest BCUT2D eigenvalue weighted by molar-refractivity contribution is -0.765. The maximum absolute atomic E-state index is 13.3. The molecule has 1 amide bonds. The van der Waals surface area contributed by atoms with Gasteiger partial charge in [0.1, 0.15) is 29.6 Å². The van der Waals surface area contributed by atoms with Crippen LogP contribution in [0.5, 0.6) is 0 Å². The smallest absolute Gasteiger partial charge is 0.455 e. The van der Waals surface area contributed by atoms with Gasteiger partial charge in [0.25, 0.3) is 5.91 Å². The fourth-order valence-electron chi connectivity index (χ4n) is 6.71. The van der Waals surface area contributed by atoms with E-state index in [1.165, 1.54) is 40.0 Å². The van der Waals surface area contributed by atoms with Gasteiger partial charge in [-0.1, -0.05) is 27.7 Å². The van der Waals surface area contributed by atoms with Gasteiger partial charge in [-0.3, -0.25) is 37.6 Å². The van der Waals surface area contributed by atoms with Crippen LogP contribution in [0.25, 0.3) is 11.2 Å². The number of anilines is 1. The average Bonchev–Trinajstić information content (AvgIpc) is 3.90. The second kappa shape index (κ2) is 22.3. The zero-order chi connectivity index (χ0) is 46.8. The molecule has 0 bridgehead atoms. The van der Waals surface area contributed by atoms with Gasteiger partial charge in [0.15, 0.2) is 48.4 Å². The van der Waals surface area contributed by atoms with Gasteiger partial charge in [-0.25, -0.2) is 24.1 Å². The van der Waals surface area contributed by atoms with Crippen LogP contribution in [0.2, 0.25) is 0 Å². The Balaban J connectivity index is 1.36. The quantitative estimate of drug-likeness (QED) is 0.0459. The van der Waals surface area contributed by atoms with E-state index in [1.807, 2.05) is 0 Å². The Kier molecular flexibility index (Phi) is 17.4. The predicted octanol–water partition coefficient (Wildman–Crippen LogP) is 2.39. The largest absolute Gasteiger partial charge is 0.481 e. The van der Waals surface area contributed by atoms with Gasteiger partial charge in [0, 0.05) is 31.7 Å². The number of ether oxygens (including phenoxy) is 6. The predicted molar refractivity (Wildman–Crippen MR) is 215 cm³/mol. The van der Waals surface area contributed by atoms with Crippen LogP contribution < -0.4 is 16.0 Å². The fourth-order valence-corrected chi connectivity index (χ4v) is 8.80. The number of nitrogen functional groups attached to an aromatic ring is 1. The van der Waals surface area contributed by atoms with Crippen molar-refractivity contribution in [3.05, 3.63) is 42.7 Å². The van der Waals surface area contributed by atoms with Crippen molar-refractivity contribution >= 4 is 62.4 Å². The highest BCUT2D eigenvalue weighted by atomic mass is 31.3. The highest BCUT2D eigenvalue weighted by molar-refractivity contribution is 7.61. The molecule has 3 aromatic heterocycles. The number of phosphoric acid groups is 2. The van der Waals surface area contributed by atoms with Gasteiger partial charge in [0.05, 0.1) is 19.5 Å². The molecule has 2 aliphatic rings. The first-order valence-electron chi connectivity index (χ1n) is 20.4. The number of pyridine rings is 1. The first-order valence-corrected chi connectivity index (χ1v) is 23.4. The second-order valence-electron chi connectivity index (χ2n) is 14.5. The van der Waals surface area contributed by atoms with Crippen molar-refractivity contribution in [3.63, 3.8) is 0 Å². The lowest BCUT2D eigenvalue weighted by Gasteiger charge is -2.25. The van der Waals surface area contributed by atoms with Crippen molar-refractivity contribution in [3.8, 4) is 0 Å². The first kappa shape index (κ1) is 50.0.